The van der Waals surface area contributed by atoms with Crippen molar-refractivity contribution in [2.45, 2.75) is 117 Å². The number of esters is 1. The fourth-order valence-electron chi connectivity index (χ4n) is 6.79. The van der Waals surface area contributed by atoms with Crippen LogP contribution in [0.5, 0.6) is 11.5 Å². The summed E-state index contributed by atoms with van der Waals surface area (Å²) in [4.78, 5) is 39.7. The number of carbonyl (C=O) groups is 3. The van der Waals surface area contributed by atoms with Gasteiger partial charge in [0.25, 0.3) is 11.8 Å². The summed E-state index contributed by atoms with van der Waals surface area (Å²) in [7, 11) is 1.34. The van der Waals surface area contributed by atoms with Gasteiger partial charge in [-0.15, -0.1) is 0 Å². The molecule has 2 amide bonds. The summed E-state index contributed by atoms with van der Waals surface area (Å²) in [6.07, 6.45) is 4.10. The molecule has 0 spiro atoms. The van der Waals surface area contributed by atoms with Crippen LogP contribution in [0, 0.1) is 34.4 Å². The van der Waals surface area contributed by atoms with Crippen molar-refractivity contribution in [1.82, 2.24) is 10.6 Å². The van der Waals surface area contributed by atoms with E-state index < -0.39 is 46.0 Å². The summed E-state index contributed by atoms with van der Waals surface area (Å²) in [6, 6.07) is 1.93. The Labute approximate surface area is 264 Å². The maximum absolute atomic E-state index is 15.1. The molecule has 1 aromatic carbocycles. The smallest absolute Gasteiger partial charge is 0.312 e. The zero-order valence-corrected chi connectivity index (χ0v) is 27.8. The van der Waals surface area contributed by atoms with E-state index in [0.717, 1.165) is 32.3 Å². The van der Waals surface area contributed by atoms with Crippen LogP contribution in [0.2, 0.25) is 0 Å². The van der Waals surface area contributed by atoms with Crippen molar-refractivity contribution < 1.29 is 41.8 Å². The van der Waals surface area contributed by atoms with Crippen LogP contribution in [0.3, 0.4) is 0 Å². The third kappa shape index (κ3) is 7.71. The predicted molar refractivity (Wildman–Crippen MR) is 163 cm³/mol. The predicted octanol–water partition coefficient (Wildman–Crippen LogP) is 6.45. The second-order valence-corrected chi connectivity index (χ2v) is 15.2. The molecule has 4 atom stereocenters. The SMILES string of the molecule is COc1cc(F)c(O[C@H]2CC[C@@](C)(C(=O)OC(C)(C)C)CC2)cc1C(=O)N[C@@H]1[C@H]2CC[C@H](C2)[C@@H]1C(=O)NCC(C)(C)C(C)(F)F. The summed E-state index contributed by atoms with van der Waals surface area (Å²) in [6.45, 7) is 10.8. The third-order valence-electron chi connectivity index (χ3n) is 10.1. The minimum absolute atomic E-state index is 0.0228. The van der Waals surface area contributed by atoms with Gasteiger partial charge in [-0.1, -0.05) is 13.8 Å². The average Bonchev–Trinajstić information content (AvgIpc) is 3.54. The zero-order valence-electron chi connectivity index (χ0n) is 27.8. The van der Waals surface area contributed by atoms with Gasteiger partial charge in [0.05, 0.1) is 30.1 Å². The van der Waals surface area contributed by atoms with Crippen molar-refractivity contribution in [1.29, 1.82) is 0 Å². The number of nitrogens with one attached hydrogen (secondary N) is 2. The Morgan fingerprint density at radius 1 is 0.956 bits per heavy atom. The van der Waals surface area contributed by atoms with E-state index in [1.54, 1.807) is 0 Å². The highest BCUT2D eigenvalue weighted by molar-refractivity contribution is 5.98. The van der Waals surface area contributed by atoms with Gasteiger partial charge in [0.2, 0.25) is 5.91 Å². The van der Waals surface area contributed by atoms with E-state index in [0.29, 0.717) is 25.7 Å². The van der Waals surface area contributed by atoms with Crippen LogP contribution in [0.15, 0.2) is 12.1 Å². The van der Waals surface area contributed by atoms with E-state index in [1.165, 1.54) is 27.0 Å². The largest absolute Gasteiger partial charge is 0.496 e. The minimum Gasteiger partial charge on any atom is -0.496 e. The van der Waals surface area contributed by atoms with E-state index in [9.17, 15) is 23.2 Å². The number of benzene rings is 1. The first-order valence-corrected chi connectivity index (χ1v) is 16.0. The van der Waals surface area contributed by atoms with Gasteiger partial charge in [-0.25, -0.2) is 13.2 Å². The molecule has 0 unspecified atom stereocenters. The monoisotopic (exact) mass is 638 g/mol. The second-order valence-electron chi connectivity index (χ2n) is 15.2. The van der Waals surface area contributed by atoms with Crippen molar-refractivity contribution in [3.05, 3.63) is 23.5 Å². The highest BCUT2D eigenvalue weighted by Gasteiger charge is 2.52. The maximum Gasteiger partial charge on any atom is 0.312 e. The van der Waals surface area contributed by atoms with Crippen LogP contribution in [-0.4, -0.2) is 55.1 Å². The number of carbonyl (C=O) groups excluding carboxylic acids is 3. The van der Waals surface area contributed by atoms with Gasteiger partial charge in [0.1, 0.15) is 11.4 Å². The Balaban J connectivity index is 1.45. The molecule has 2 bridgehead atoms. The standard InChI is InChI=1S/C34H49F3N2O6/c1-31(2,3)45-30(42)33(6)13-11-21(12-14-33)44-25-16-22(24(43-8)17-23(25)35)28(40)39-27-20-10-9-19(15-20)26(27)29(41)38-18-32(4,5)34(7,36)37/h16-17,19-21,26-27H,9-15,18H2,1-8H3,(H,38,41)(H,39,40)/t19-,20+,21-,26+,27-,33+/m1/s1. The highest BCUT2D eigenvalue weighted by Crippen LogP contribution is 2.49. The van der Waals surface area contributed by atoms with Gasteiger partial charge in [0.15, 0.2) is 11.6 Å². The van der Waals surface area contributed by atoms with E-state index >= 15 is 4.39 Å². The van der Waals surface area contributed by atoms with Gasteiger partial charge >= 0.3 is 5.97 Å². The van der Waals surface area contributed by atoms with Crippen LogP contribution in [0.1, 0.15) is 104 Å². The van der Waals surface area contributed by atoms with Gasteiger partial charge in [-0.05, 0) is 97.5 Å². The van der Waals surface area contributed by atoms with Crippen molar-refractivity contribution in [3.63, 3.8) is 0 Å². The summed E-state index contributed by atoms with van der Waals surface area (Å²) in [5.41, 5.74) is -2.63. The Bertz CT molecular complexity index is 1280. The van der Waals surface area contributed by atoms with Gasteiger partial charge in [-0.2, -0.15) is 0 Å². The molecule has 3 aliphatic rings. The molecule has 0 aromatic heterocycles. The lowest BCUT2D eigenvalue weighted by atomic mass is 9.74. The number of amides is 2. The van der Waals surface area contributed by atoms with Gasteiger partial charge in [0, 0.05) is 24.1 Å². The molecule has 0 aliphatic heterocycles. The molecule has 11 heteroatoms. The Hall–Kier alpha value is -2.98. The summed E-state index contributed by atoms with van der Waals surface area (Å²) in [5, 5.41) is 5.71. The topological polar surface area (TPSA) is 103 Å². The fourth-order valence-corrected chi connectivity index (χ4v) is 6.79. The number of alkyl halides is 2. The molecule has 4 rings (SSSR count). The normalized spacial score (nSPS) is 28.4. The Morgan fingerprint density at radius 2 is 1.58 bits per heavy atom. The van der Waals surface area contributed by atoms with E-state index in [4.69, 9.17) is 14.2 Å². The summed E-state index contributed by atoms with van der Waals surface area (Å²) >= 11 is 0. The first-order chi connectivity index (χ1) is 20.7. The van der Waals surface area contributed by atoms with Crippen LogP contribution in [-0.2, 0) is 14.3 Å². The number of hydrogen-bond acceptors (Lipinski definition) is 6. The molecular formula is C34H49F3N2O6. The molecule has 0 radical (unpaired) electrons. The van der Waals surface area contributed by atoms with Crippen LogP contribution < -0.4 is 20.1 Å². The molecule has 252 valence electrons. The molecule has 3 saturated carbocycles. The molecule has 0 saturated heterocycles. The fraction of sp³-hybridized carbons (Fsp3) is 0.735. The first-order valence-electron chi connectivity index (χ1n) is 16.0. The molecule has 3 fully saturated rings. The highest BCUT2D eigenvalue weighted by atomic mass is 19.3. The second kappa shape index (κ2) is 12.7. The molecule has 1 aromatic rings. The Kier molecular flexibility index (Phi) is 9.82. The third-order valence-corrected chi connectivity index (χ3v) is 10.1. The number of hydrogen-bond donors (Lipinski definition) is 2. The summed E-state index contributed by atoms with van der Waals surface area (Å²) in [5.74, 6) is -5.35. The molecule has 0 heterocycles. The number of ether oxygens (including phenoxy) is 3. The zero-order chi connectivity index (χ0) is 33.5. The lowest BCUT2D eigenvalue weighted by Crippen LogP contribution is -2.52. The molecule has 45 heavy (non-hydrogen) atoms. The lowest BCUT2D eigenvalue weighted by Gasteiger charge is -2.37. The molecular weight excluding hydrogens is 589 g/mol. The van der Waals surface area contributed by atoms with E-state index in [-0.39, 0.29) is 53.4 Å². The minimum atomic E-state index is -2.99. The lowest BCUT2D eigenvalue weighted by molar-refractivity contribution is -0.169. The summed E-state index contributed by atoms with van der Waals surface area (Å²) < 4.78 is 60.2. The first kappa shape index (κ1) is 34.9. The number of fused-ring (bicyclic) bond motifs is 2. The molecule has 3 aliphatic carbocycles. The Morgan fingerprint density at radius 3 is 2.16 bits per heavy atom. The van der Waals surface area contributed by atoms with Crippen molar-refractivity contribution in [2.75, 3.05) is 13.7 Å². The number of halogens is 3. The van der Waals surface area contributed by atoms with E-state index in [2.05, 4.69) is 10.6 Å². The average molecular weight is 639 g/mol. The van der Waals surface area contributed by atoms with Crippen LogP contribution in [0.25, 0.3) is 0 Å². The molecule has 2 N–H and O–H groups in total. The number of methoxy groups -OCH3 is 1. The number of rotatable bonds is 10. The van der Waals surface area contributed by atoms with Crippen LogP contribution >= 0.6 is 0 Å². The van der Waals surface area contributed by atoms with Crippen molar-refractivity contribution in [2.24, 2.45) is 28.6 Å². The van der Waals surface area contributed by atoms with Crippen molar-refractivity contribution in [3.8, 4) is 11.5 Å². The van der Waals surface area contributed by atoms with Gasteiger partial charge in [-0.3, -0.25) is 14.4 Å². The van der Waals surface area contributed by atoms with Gasteiger partial charge < -0.3 is 24.8 Å². The molecule has 8 nitrogen and oxygen atoms in total. The quantitative estimate of drug-likeness (QED) is 0.286. The van der Waals surface area contributed by atoms with Crippen molar-refractivity contribution >= 4 is 17.8 Å². The maximum atomic E-state index is 15.1. The van der Waals surface area contributed by atoms with E-state index in [1.807, 2.05) is 27.7 Å². The van der Waals surface area contributed by atoms with Crippen LogP contribution in [0.4, 0.5) is 13.2 Å².